The van der Waals surface area contributed by atoms with Gasteiger partial charge < -0.3 is 10.6 Å². The van der Waals surface area contributed by atoms with E-state index in [0.717, 1.165) is 35.9 Å². The van der Waals surface area contributed by atoms with Gasteiger partial charge in [0, 0.05) is 12.7 Å². The number of hydrogen-bond donors (Lipinski definition) is 2. The van der Waals surface area contributed by atoms with Crippen LogP contribution in [0.2, 0.25) is 5.02 Å². The second kappa shape index (κ2) is 8.75. The van der Waals surface area contributed by atoms with Crippen LogP contribution >= 0.6 is 23.8 Å². The summed E-state index contributed by atoms with van der Waals surface area (Å²) in [7, 11) is 0. The topological polar surface area (TPSA) is 59.7 Å². The van der Waals surface area contributed by atoms with Crippen LogP contribution in [0.3, 0.4) is 0 Å². The Hall–Kier alpha value is -2.38. The van der Waals surface area contributed by atoms with E-state index in [1.54, 1.807) is 4.68 Å². The van der Waals surface area contributed by atoms with E-state index in [4.69, 9.17) is 23.8 Å². The van der Waals surface area contributed by atoms with Crippen molar-refractivity contribution in [3.8, 4) is 0 Å². The lowest BCUT2D eigenvalue weighted by Gasteiger charge is -2.11. The Balaban J connectivity index is 1.67. The fourth-order valence-electron chi connectivity index (χ4n) is 3.02. The zero-order valence-electron chi connectivity index (χ0n) is 16.6. The number of thiocarbonyl (C=S) groups is 1. The normalized spacial score (nSPS) is 10.9. The summed E-state index contributed by atoms with van der Waals surface area (Å²) in [6.45, 7) is 10.1. The molecule has 148 valence electrons. The molecule has 0 saturated carbocycles. The molecule has 2 heterocycles. The Morgan fingerprint density at radius 3 is 2.61 bits per heavy atom. The first-order valence-corrected chi connectivity index (χ1v) is 10.0. The monoisotopic (exact) mass is 416 g/mol. The van der Waals surface area contributed by atoms with E-state index in [1.807, 2.05) is 37.7 Å². The average molecular weight is 417 g/mol. The minimum Gasteiger partial charge on any atom is -0.357 e. The summed E-state index contributed by atoms with van der Waals surface area (Å²) in [5.74, 6) is 0. The van der Waals surface area contributed by atoms with E-state index in [2.05, 4.69) is 46.0 Å². The summed E-state index contributed by atoms with van der Waals surface area (Å²) in [6.07, 6.45) is 1.82. The maximum Gasteiger partial charge on any atom is 0.171 e. The molecule has 8 heteroatoms. The molecule has 0 atom stereocenters. The molecule has 0 aliphatic rings. The van der Waals surface area contributed by atoms with Gasteiger partial charge in [0.05, 0.1) is 35.2 Å². The maximum absolute atomic E-state index is 6.21. The predicted octanol–water partition coefficient (Wildman–Crippen LogP) is 4.21. The number of anilines is 1. The van der Waals surface area contributed by atoms with Gasteiger partial charge in [-0.3, -0.25) is 9.36 Å². The van der Waals surface area contributed by atoms with Gasteiger partial charge in [-0.15, -0.1) is 0 Å². The smallest absolute Gasteiger partial charge is 0.171 e. The Kier molecular flexibility index (Phi) is 6.36. The molecule has 0 spiro atoms. The highest BCUT2D eigenvalue weighted by molar-refractivity contribution is 7.80. The minimum absolute atomic E-state index is 0.465. The van der Waals surface area contributed by atoms with Gasteiger partial charge in [0.1, 0.15) is 5.69 Å². The van der Waals surface area contributed by atoms with Crippen LogP contribution in [-0.4, -0.2) is 24.7 Å². The molecule has 0 amide bonds. The van der Waals surface area contributed by atoms with Crippen LogP contribution in [0.15, 0.2) is 30.5 Å². The van der Waals surface area contributed by atoms with Crippen molar-refractivity contribution < 1.29 is 0 Å². The van der Waals surface area contributed by atoms with Crippen LogP contribution in [0, 0.1) is 20.8 Å². The predicted molar refractivity (Wildman–Crippen MR) is 118 cm³/mol. The van der Waals surface area contributed by atoms with Gasteiger partial charge in [-0.2, -0.15) is 10.2 Å². The summed E-state index contributed by atoms with van der Waals surface area (Å²) in [5.41, 5.74) is 6.15. The third-order valence-electron chi connectivity index (χ3n) is 4.73. The van der Waals surface area contributed by atoms with Crippen LogP contribution in [0.1, 0.15) is 35.1 Å². The van der Waals surface area contributed by atoms with Crippen molar-refractivity contribution in [2.24, 2.45) is 0 Å². The molecular weight excluding hydrogens is 392 g/mol. The number of rotatable bonds is 6. The molecule has 3 aromatic rings. The maximum atomic E-state index is 6.21. The van der Waals surface area contributed by atoms with E-state index in [1.165, 1.54) is 11.1 Å². The van der Waals surface area contributed by atoms with Gasteiger partial charge in [0.15, 0.2) is 5.11 Å². The molecule has 28 heavy (non-hydrogen) atoms. The number of benzene rings is 1. The van der Waals surface area contributed by atoms with Gasteiger partial charge in [-0.1, -0.05) is 35.9 Å². The fraction of sp³-hybridized carbons (Fsp3) is 0.350. The molecule has 0 saturated heterocycles. The molecule has 0 bridgehead atoms. The molecule has 2 N–H and O–H groups in total. The van der Waals surface area contributed by atoms with Gasteiger partial charge in [0.2, 0.25) is 0 Å². The second-order valence-corrected chi connectivity index (χ2v) is 7.53. The van der Waals surface area contributed by atoms with Crippen LogP contribution in [-0.2, 0) is 19.6 Å². The zero-order valence-corrected chi connectivity index (χ0v) is 18.2. The number of nitrogens with one attached hydrogen (secondary N) is 2. The third kappa shape index (κ3) is 4.54. The second-order valence-electron chi connectivity index (χ2n) is 6.72. The van der Waals surface area contributed by atoms with Crippen molar-refractivity contribution in [3.63, 3.8) is 0 Å². The quantitative estimate of drug-likeness (QED) is 0.589. The van der Waals surface area contributed by atoms with Crippen LogP contribution in [0.5, 0.6) is 0 Å². The van der Waals surface area contributed by atoms with Crippen molar-refractivity contribution in [3.05, 3.63) is 63.7 Å². The molecule has 0 aliphatic heterocycles. The molecule has 0 aliphatic carbocycles. The van der Waals surface area contributed by atoms with E-state index < -0.39 is 0 Å². The number of halogens is 1. The number of nitrogens with zero attached hydrogens (tertiary/aromatic N) is 4. The summed E-state index contributed by atoms with van der Waals surface area (Å²) in [4.78, 5) is 0. The molecule has 0 fully saturated rings. The highest BCUT2D eigenvalue weighted by Crippen LogP contribution is 2.21. The molecule has 1 aromatic carbocycles. The van der Waals surface area contributed by atoms with Crippen molar-refractivity contribution in [2.45, 2.75) is 47.3 Å². The van der Waals surface area contributed by atoms with Crippen molar-refractivity contribution in [1.29, 1.82) is 0 Å². The summed E-state index contributed by atoms with van der Waals surface area (Å²) in [5, 5.41) is 16.7. The molecule has 6 nitrogen and oxygen atoms in total. The summed E-state index contributed by atoms with van der Waals surface area (Å²) < 4.78 is 3.81. The first-order valence-electron chi connectivity index (χ1n) is 9.24. The van der Waals surface area contributed by atoms with Crippen molar-refractivity contribution >= 4 is 34.6 Å². The van der Waals surface area contributed by atoms with Gasteiger partial charge >= 0.3 is 0 Å². The highest BCUT2D eigenvalue weighted by atomic mass is 35.5. The van der Waals surface area contributed by atoms with Crippen LogP contribution < -0.4 is 10.6 Å². The van der Waals surface area contributed by atoms with E-state index in [9.17, 15) is 0 Å². The van der Waals surface area contributed by atoms with Crippen molar-refractivity contribution in [1.82, 2.24) is 24.9 Å². The fourth-order valence-corrected chi connectivity index (χ4v) is 3.41. The molecule has 3 rings (SSSR count). The summed E-state index contributed by atoms with van der Waals surface area (Å²) in [6, 6.07) is 8.35. The lowest BCUT2D eigenvalue weighted by molar-refractivity contribution is 0.643. The Morgan fingerprint density at radius 1 is 1.18 bits per heavy atom. The van der Waals surface area contributed by atoms with E-state index >= 15 is 0 Å². The van der Waals surface area contributed by atoms with E-state index in [-0.39, 0.29) is 0 Å². The molecule has 0 radical (unpaired) electrons. The van der Waals surface area contributed by atoms with Gasteiger partial charge in [-0.05, 0) is 51.0 Å². The van der Waals surface area contributed by atoms with Crippen molar-refractivity contribution in [2.75, 3.05) is 5.32 Å². The van der Waals surface area contributed by atoms with Gasteiger partial charge in [0.25, 0.3) is 0 Å². The standard InChI is InChI=1S/C20H25ClN6S/c1-5-26-12-17(21)18(25-26)10-22-20(28)23-19-14(3)24-27(15(19)4)11-16-9-7-6-8-13(16)2/h6-9,12H,5,10-11H2,1-4H3,(H2,22,23,28). The highest BCUT2D eigenvalue weighted by Gasteiger charge is 2.14. The summed E-state index contributed by atoms with van der Waals surface area (Å²) >= 11 is 11.7. The van der Waals surface area contributed by atoms with Crippen LogP contribution in [0.25, 0.3) is 0 Å². The minimum atomic E-state index is 0.465. The Morgan fingerprint density at radius 2 is 1.93 bits per heavy atom. The zero-order chi connectivity index (χ0) is 20.3. The largest absolute Gasteiger partial charge is 0.357 e. The first kappa shape index (κ1) is 20.4. The van der Waals surface area contributed by atoms with Crippen LogP contribution in [0.4, 0.5) is 5.69 Å². The molecular formula is C20H25ClN6S. The molecule has 0 unspecified atom stereocenters. The molecule has 2 aromatic heterocycles. The Labute approximate surface area is 175 Å². The Bertz CT molecular complexity index is 991. The lowest BCUT2D eigenvalue weighted by Crippen LogP contribution is -2.28. The number of aryl methyl sites for hydroxylation is 3. The number of aromatic nitrogens is 4. The van der Waals surface area contributed by atoms with E-state index in [0.29, 0.717) is 16.7 Å². The average Bonchev–Trinajstić information content (AvgIpc) is 3.16. The third-order valence-corrected chi connectivity index (χ3v) is 5.29. The number of hydrogen-bond acceptors (Lipinski definition) is 3. The van der Waals surface area contributed by atoms with Gasteiger partial charge in [-0.25, -0.2) is 0 Å². The SMILES string of the molecule is CCn1cc(Cl)c(CNC(=S)Nc2c(C)nn(Cc3ccccc3C)c2C)n1. The first-order chi connectivity index (χ1) is 13.4. The lowest BCUT2D eigenvalue weighted by atomic mass is 10.1.